The molecule has 3 N–H and O–H groups in total. The van der Waals surface area contributed by atoms with E-state index in [0.29, 0.717) is 37.3 Å². The number of carbonyl (C=O) groups is 1. The molecule has 0 aromatic carbocycles. The quantitative estimate of drug-likeness (QED) is 0.651. The first kappa shape index (κ1) is 11.0. The van der Waals surface area contributed by atoms with Gasteiger partial charge >= 0.3 is 5.97 Å². The van der Waals surface area contributed by atoms with Crippen molar-refractivity contribution in [2.45, 2.75) is 25.8 Å². The van der Waals surface area contributed by atoms with Gasteiger partial charge < -0.3 is 20.3 Å². The van der Waals surface area contributed by atoms with Crippen molar-refractivity contribution in [3.63, 3.8) is 0 Å². The maximum absolute atomic E-state index is 11.2. The first-order valence-electron chi connectivity index (χ1n) is 5.40. The lowest BCUT2D eigenvalue weighted by Gasteiger charge is -2.32. The number of carboxylic acids is 1. The Balaban J connectivity index is 2.48. The van der Waals surface area contributed by atoms with Crippen LogP contribution >= 0.6 is 0 Å². The summed E-state index contributed by atoms with van der Waals surface area (Å²) in [5, 5.41) is 22.1. The molecule has 1 aliphatic carbocycles. The van der Waals surface area contributed by atoms with Crippen LogP contribution in [-0.2, 0) is 9.53 Å². The summed E-state index contributed by atoms with van der Waals surface area (Å²) in [6, 6.07) is -0.199. The molecular formula is C11H15NO4. The summed E-state index contributed by atoms with van der Waals surface area (Å²) in [7, 11) is 0. The van der Waals surface area contributed by atoms with Gasteiger partial charge in [0.05, 0.1) is 11.8 Å². The largest absolute Gasteiger partial charge is 0.512 e. The molecule has 0 amide bonds. The fourth-order valence-electron chi connectivity index (χ4n) is 2.22. The van der Waals surface area contributed by atoms with Gasteiger partial charge in [0.15, 0.2) is 0 Å². The Hall–Kier alpha value is -1.49. The molecule has 1 aliphatic heterocycles. The highest BCUT2D eigenvalue weighted by molar-refractivity contribution is 5.93. The van der Waals surface area contributed by atoms with Crippen molar-refractivity contribution < 1.29 is 19.7 Å². The smallest absolute Gasteiger partial charge is 0.339 e. The number of fused-ring (bicyclic) bond motifs is 1. The molecule has 88 valence electrons. The van der Waals surface area contributed by atoms with E-state index in [4.69, 9.17) is 4.74 Å². The van der Waals surface area contributed by atoms with Crippen LogP contribution in [0.3, 0.4) is 0 Å². The van der Waals surface area contributed by atoms with Crippen LogP contribution in [0.1, 0.15) is 19.8 Å². The summed E-state index contributed by atoms with van der Waals surface area (Å²) in [6.45, 7) is 2.97. The van der Waals surface area contributed by atoms with Crippen molar-refractivity contribution in [2.75, 3.05) is 13.2 Å². The van der Waals surface area contributed by atoms with Gasteiger partial charge in [-0.05, 0) is 6.42 Å². The molecule has 1 atom stereocenters. The van der Waals surface area contributed by atoms with Crippen molar-refractivity contribution in [3.05, 3.63) is 22.7 Å². The van der Waals surface area contributed by atoms with E-state index >= 15 is 0 Å². The minimum Gasteiger partial charge on any atom is -0.512 e. The highest BCUT2D eigenvalue weighted by Gasteiger charge is 2.34. The minimum atomic E-state index is -1.04. The molecular weight excluding hydrogens is 210 g/mol. The summed E-state index contributed by atoms with van der Waals surface area (Å²) < 4.78 is 5.43. The molecule has 0 radical (unpaired) electrons. The SMILES string of the molecule is CCC1=C(O)CC2NCCOC2=C1C(=O)O. The third-order valence-corrected chi connectivity index (χ3v) is 2.93. The van der Waals surface area contributed by atoms with Gasteiger partial charge in [-0.2, -0.15) is 0 Å². The van der Waals surface area contributed by atoms with E-state index in [0.717, 1.165) is 0 Å². The Labute approximate surface area is 93.4 Å². The molecule has 5 nitrogen and oxygen atoms in total. The maximum Gasteiger partial charge on any atom is 0.339 e. The molecule has 1 saturated heterocycles. The molecule has 0 spiro atoms. The lowest BCUT2D eigenvalue weighted by Crippen LogP contribution is -2.43. The van der Waals surface area contributed by atoms with Crippen LogP contribution in [0.5, 0.6) is 0 Å². The molecule has 16 heavy (non-hydrogen) atoms. The molecule has 1 unspecified atom stereocenters. The molecule has 1 heterocycles. The van der Waals surface area contributed by atoms with Gasteiger partial charge in [-0.3, -0.25) is 0 Å². The van der Waals surface area contributed by atoms with Crippen LogP contribution in [-0.4, -0.2) is 35.4 Å². The van der Waals surface area contributed by atoms with Gasteiger partial charge in [0.25, 0.3) is 0 Å². The molecule has 0 bridgehead atoms. The second kappa shape index (κ2) is 4.17. The van der Waals surface area contributed by atoms with E-state index in [1.165, 1.54) is 0 Å². The van der Waals surface area contributed by atoms with Gasteiger partial charge in [-0.25, -0.2) is 4.79 Å². The fraction of sp³-hybridized carbons (Fsp3) is 0.545. The van der Waals surface area contributed by atoms with Crippen LogP contribution in [0.4, 0.5) is 0 Å². The zero-order valence-corrected chi connectivity index (χ0v) is 9.12. The zero-order chi connectivity index (χ0) is 11.7. The Bertz CT molecular complexity index is 383. The summed E-state index contributed by atoms with van der Waals surface area (Å²) in [4.78, 5) is 11.2. The Kier molecular flexibility index (Phi) is 2.87. The van der Waals surface area contributed by atoms with Crippen LogP contribution in [0.2, 0.25) is 0 Å². The van der Waals surface area contributed by atoms with Gasteiger partial charge in [-0.15, -0.1) is 0 Å². The number of aliphatic carboxylic acids is 1. The third-order valence-electron chi connectivity index (χ3n) is 2.93. The monoisotopic (exact) mass is 225 g/mol. The highest BCUT2D eigenvalue weighted by atomic mass is 16.5. The molecule has 2 rings (SSSR count). The lowest BCUT2D eigenvalue weighted by molar-refractivity contribution is -0.132. The van der Waals surface area contributed by atoms with Crippen molar-refractivity contribution in [3.8, 4) is 0 Å². The molecule has 1 fully saturated rings. The number of hydrogen-bond donors (Lipinski definition) is 3. The molecule has 0 aromatic rings. The summed E-state index contributed by atoms with van der Waals surface area (Å²) >= 11 is 0. The predicted octanol–water partition coefficient (Wildman–Crippen LogP) is 0.939. The van der Waals surface area contributed by atoms with Crippen molar-refractivity contribution in [1.29, 1.82) is 0 Å². The topological polar surface area (TPSA) is 78.8 Å². The van der Waals surface area contributed by atoms with Crippen LogP contribution in [0.25, 0.3) is 0 Å². The number of morpholine rings is 1. The summed E-state index contributed by atoms with van der Waals surface area (Å²) in [6.07, 6.45) is 0.905. The third kappa shape index (κ3) is 1.67. The van der Waals surface area contributed by atoms with Crippen molar-refractivity contribution in [2.24, 2.45) is 0 Å². The number of carboxylic acid groups (broad SMARTS) is 1. The average Bonchev–Trinajstić information content (AvgIpc) is 2.26. The number of rotatable bonds is 2. The summed E-state index contributed by atoms with van der Waals surface area (Å²) in [5.41, 5.74) is 0.617. The first-order chi connectivity index (χ1) is 7.65. The number of ether oxygens (including phenoxy) is 1. The van der Waals surface area contributed by atoms with E-state index in [1.807, 2.05) is 6.92 Å². The summed E-state index contributed by atoms with van der Waals surface area (Å²) in [5.74, 6) is -0.410. The molecule has 2 aliphatic rings. The Morgan fingerprint density at radius 1 is 1.62 bits per heavy atom. The van der Waals surface area contributed by atoms with E-state index < -0.39 is 5.97 Å². The number of hydrogen-bond acceptors (Lipinski definition) is 4. The highest BCUT2D eigenvalue weighted by Crippen LogP contribution is 2.33. The fourth-order valence-corrected chi connectivity index (χ4v) is 2.22. The number of nitrogens with one attached hydrogen (secondary N) is 1. The normalized spacial score (nSPS) is 25.2. The van der Waals surface area contributed by atoms with E-state index in [-0.39, 0.29) is 17.4 Å². The first-order valence-corrected chi connectivity index (χ1v) is 5.40. The molecule has 5 heteroatoms. The molecule has 0 aromatic heterocycles. The number of aliphatic hydroxyl groups is 1. The average molecular weight is 225 g/mol. The van der Waals surface area contributed by atoms with E-state index in [9.17, 15) is 15.0 Å². The Morgan fingerprint density at radius 3 is 3.00 bits per heavy atom. The molecule has 0 saturated carbocycles. The van der Waals surface area contributed by atoms with Gasteiger partial charge in [0, 0.05) is 18.5 Å². The second-order valence-electron chi connectivity index (χ2n) is 3.88. The van der Waals surface area contributed by atoms with E-state index in [2.05, 4.69) is 5.32 Å². The Morgan fingerprint density at radius 2 is 2.38 bits per heavy atom. The number of aliphatic hydroxyl groups excluding tert-OH is 1. The zero-order valence-electron chi connectivity index (χ0n) is 9.12. The minimum absolute atomic E-state index is 0.128. The van der Waals surface area contributed by atoms with E-state index in [1.54, 1.807) is 0 Å². The van der Waals surface area contributed by atoms with Crippen molar-refractivity contribution >= 4 is 5.97 Å². The lowest BCUT2D eigenvalue weighted by atomic mass is 9.89. The van der Waals surface area contributed by atoms with Crippen LogP contribution in [0, 0.1) is 0 Å². The van der Waals surface area contributed by atoms with Crippen LogP contribution in [0.15, 0.2) is 22.7 Å². The second-order valence-corrected chi connectivity index (χ2v) is 3.88. The van der Waals surface area contributed by atoms with Gasteiger partial charge in [-0.1, -0.05) is 6.92 Å². The van der Waals surface area contributed by atoms with Crippen molar-refractivity contribution in [1.82, 2.24) is 5.32 Å². The van der Waals surface area contributed by atoms with Gasteiger partial charge in [0.1, 0.15) is 17.9 Å². The standard InChI is InChI=1S/C11H15NO4/c1-2-6-8(13)5-7-10(9(6)11(14)15)16-4-3-12-7/h7,12-13H,2-5H2,1H3,(H,14,15). The maximum atomic E-state index is 11.2. The van der Waals surface area contributed by atoms with Crippen LogP contribution < -0.4 is 5.32 Å². The van der Waals surface area contributed by atoms with Gasteiger partial charge in [0.2, 0.25) is 0 Å². The predicted molar refractivity (Wildman–Crippen MR) is 57.0 cm³/mol.